The van der Waals surface area contributed by atoms with Gasteiger partial charge in [-0.25, -0.2) is 4.57 Å². The van der Waals surface area contributed by atoms with Gasteiger partial charge in [-0.3, -0.25) is 4.48 Å². The van der Waals surface area contributed by atoms with E-state index in [-0.39, 0.29) is 6.98 Å². The van der Waals surface area contributed by atoms with Gasteiger partial charge in [0, 0.05) is 28.0 Å². The van der Waals surface area contributed by atoms with Crippen molar-refractivity contribution in [1.29, 1.82) is 0 Å². The number of aromatic nitrogens is 2. The fraction of sp³-hybridized carbons (Fsp3) is 0.154. The first kappa shape index (κ1) is 27.0. The minimum atomic E-state index is -0.0866. The molecule has 7 rings (SSSR count). The molecule has 1 aromatic heterocycles. The van der Waals surface area contributed by atoms with Crippen molar-refractivity contribution >= 4 is 23.8 Å². The predicted molar refractivity (Wildman–Crippen MR) is 181 cm³/mol. The van der Waals surface area contributed by atoms with Gasteiger partial charge in [0.25, 0.3) is 5.82 Å². The van der Waals surface area contributed by atoms with Crippen molar-refractivity contribution in [2.24, 2.45) is 7.05 Å². The number of imidazole rings is 1. The molecule has 43 heavy (non-hydrogen) atoms. The summed E-state index contributed by atoms with van der Waals surface area (Å²) in [5, 5.41) is 0. The Kier molecular flexibility index (Phi) is 6.78. The average molecular weight is 559 g/mol. The fourth-order valence-corrected chi connectivity index (χ4v) is 6.97. The number of fused-ring (bicyclic) bond motifs is 3. The van der Waals surface area contributed by atoms with Crippen molar-refractivity contribution in [1.82, 2.24) is 4.57 Å². The molecule has 0 saturated heterocycles. The van der Waals surface area contributed by atoms with Gasteiger partial charge in [-0.2, -0.15) is 0 Å². The smallest absolute Gasteiger partial charge is 0.338 e. The molecule has 0 atom stereocenters. The molecule has 3 nitrogen and oxygen atoms in total. The molecule has 0 N–H and O–H groups in total. The van der Waals surface area contributed by atoms with E-state index in [1.54, 1.807) is 0 Å². The maximum absolute atomic E-state index is 2.63. The fourth-order valence-electron chi connectivity index (χ4n) is 6.97. The Morgan fingerprint density at radius 3 is 1.86 bits per heavy atom. The van der Waals surface area contributed by atoms with Crippen LogP contribution in [0, 0.1) is 13.8 Å². The number of rotatable bonds is 5. The van der Waals surface area contributed by atoms with Gasteiger partial charge in [0.2, 0.25) is 0 Å². The third kappa shape index (κ3) is 4.41. The molecule has 210 valence electrons. The average Bonchev–Trinajstić information content (AvgIpc) is 3.42. The Bertz CT molecular complexity index is 1880. The summed E-state index contributed by atoms with van der Waals surface area (Å²) >= 11 is 0. The highest BCUT2D eigenvalue weighted by molar-refractivity contribution is 6.72. The Morgan fingerprint density at radius 1 is 0.651 bits per heavy atom. The van der Waals surface area contributed by atoms with Gasteiger partial charge >= 0.3 is 6.98 Å². The molecule has 4 heteroatoms. The molecule has 0 bridgehead atoms. The van der Waals surface area contributed by atoms with E-state index in [4.69, 9.17) is 0 Å². The maximum atomic E-state index is 2.63. The molecule has 0 aliphatic carbocycles. The first-order valence-corrected chi connectivity index (χ1v) is 15.2. The second-order valence-corrected chi connectivity index (χ2v) is 12.0. The van der Waals surface area contributed by atoms with Crippen molar-refractivity contribution in [3.05, 3.63) is 144 Å². The van der Waals surface area contributed by atoms with E-state index < -0.39 is 0 Å². The topological polar surface area (TPSA) is 12.1 Å². The number of benzene rings is 5. The summed E-state index contributed by atoms with van der Waals surface area (Å²) in [6.07, 6.45) is 4.48. The van der Waals surface area contributed by atoms with Crippen LogP contribution in [0.3, 0.4) is 0 Å². The summed E-state index contributed by atoms with van der Waals surface area (Å²) in [5.41, 5.74) is 13.9. The van der Waals surface area contributed by atoms with E-state index in [0.29, 0.717) is 5.92 Å². The van der Waals surface area contributed by atoms with Crippen molar-refractivity contribution in [3.8, 4) is 33.6 Å². The SMILES string of the molecule is Cc1cccc(C(C)C)c1B1N(c2c(-c3ccccc3)cccc2-c2ccccc2)c2cccc(C)c2-c2n(C)cc[n+]21. The molecule has 0 fully saturated rings. The lowest BCUT2D eigenvalue weighted by atomic mass is 9.58. The van der Waals surface area contributed by atoms with Crippen LogP contribution >= 0.6 is 0 Å². The summed E-state index contributed by atoms with van der Waals surface area (Å²) in [4.78, 5) is 2.63. The quantitative estimate of drug-likeness (QED) is 0.193. The van der Waals surface area contributed by atoms with Crippen LogP contribution in [0.4, 0.5) is 11.4 Å². The molecule has 0 amide bonds. The van der Waals surface area contributed by atoms with E-state index in [1.165, 1.54) is 67.2 Å². The van der Waals surface area contributed by atoms with Crippen molar-refractivity contribution in [2.75, 3.05) is 4.81 Å². The number of hydrogen-bond acceptors (Lipinski definition) is 1. The first-order chi connectivity index (χ1) is 21.0. The predicted octanol–water partition coefficient (Wildman–Crippen LogP) is 8.45. The number of hydrogen-bond donors (Lipinski definition) is 0. The van der Waals surface area contributed by atoms with Crippen molar-refractivity contribution in [3.63, 3.8) is 0 Å². The number of para-hydroxylation sites is 1. The molecule has 1 aliphatic rings. The van der Waals surface area contributed by atoms with Crippen LogP contribution in [-0.2, 0) is 7.05 Å². The molecular formula is C39H37BN3+. The third-order valence-corrected chi connectivity index (χ3v) is 8.96. The zero-order valence-electron chi connectivity index (χ0n) is 25.6. The zero-order valence-corrected chi connectivity index (χ0v) is 25.6. The van der Waals surface area contributed by atoms with E-state index in [2.05, 4.69) is 176 Å². The maximum Gasteiger partial charge on any atom is 0.542 e. The molecule has 5 aromatic carbocycles. The van der Waals surface area contributed by atoms with Crippen LogP contribution in [0.5, 0.6) is 0 Å². The van der Waals surface area contributed by atoms with Crippen LogP contribution in [0.25, 0.3) is 33.6 Å². The van der Waals surface area contributed by atoms with Crippen LogP contribution < -0.4 is 14.8 Å². The summed E-state index contributed by atoms with van der Waals surface area (Å²) in [5.74, 6) is 1.60. The van der Waals surface area contributed by atoms with Gasteiger partial charge < -0.3 is 4.81 Å². The van der Waals surface area contributed by atoms with Gasteiger partial charge in [-0.1, -0.05) is 123 Å². The highest BCUT2D eigenvalue weighted by Crippen LogP contribution is 2.47. The third-order valence-electron chi connectivity index (χ3n) is 8.96. The van der Waals surface area contributed by atoms with Crippen LogP contribution in [0.1, 0.15) is 36.5 Å². The Balaban J connectivity index is 1.66. The largest absolute Gasteiger partial charge is 0.542 e. The molecular weight excluding hydrogens is 521 g/mol. The minimum absolute atomic E-state index is 0.0866. The first-order valence-electron chi connectivity index (χ1n) is 15.2. The number of aryl methyl sites for hydroxylation is 3. The van der Waals surface area contributed by atoms with Gasteiger partial charge in [-0.15, -0.1) is 0 Å². The highest BCUT2D eigenvalue weighted by Gasteiger charge is 2.48. The Morgan fingerprint density at radius 2 is 1.23 bits per heavy atom. The van der Waals surface area contributed by atoms with Gasteiger partial charge in [0.05, 0.1) is 12.6 Å². The second-order valence-electron chi connectivity index (χ2n) is 12.0. The van der Waals surface area contributed by atoms with Crippen LogP contribution in [0.2, 0.25) is 0 Å². The summed E-state index contributed by atoms with van der Waals surface area (Å²) in [6.45, 7) is 9.05. The molecule has 0 spiro atoms. The normalized spacial score (nSPS) is 12.4. The Labute approximate surface area is 255 Å². The van der Waals surface area contributed by atoms with E-state index in [0.717, 1.165) is 0 Å². The van der Waals surface area contributed by atoms with E-state index in [1.807, 2.05) is 0 Å². The molecule has 0 saturated carbocycles. The molecule has 6 aromatic rings. The lowest BCUT2D eigenvalue weighted by Gasteiger charge is -2.38. The van der Waals surface area contributed by atoms with Crippen LogP contribution in [0.15, 0.2) is 128 Å². The van der Waals surface area contributed by atoms with Gasteiger partial charge in [0.1, 0.15) is 12.4 Å². The summed E-state index contributed by atoms with van der Waals surface area (Å²) in [7, 11) is 2.17. The molecule has 0 unspecified atom stereocenters. The van der Waals surface area contributed by atoms with Crippen molar-refractivity contribution < 1.29 is 4.48 Å². The van der Waals surface area contributed by atoms with E-state index >= 15 is 0 Å². The second kappa shape index (κ2) is 10.8. The monoisotopic (exact) mass is 558 g/mol. The summed E-state index contributed by atoms with van der Waals surface area (Å²) < 4.78 is 4.78. The highest BCUT2D eigenvalue weighted by atomic mass is 15.2. The molecule has 2 heterocycles. The van der Waals surface area contributed by atoms with Gasteiger partial charge in [0.15, 0.2) is 0 Å². The lowest BCUT2D eigenvalue weighted by Crippen LogP contribution is -2.70. The summed E-state index contributed by atoms with van der Waals surface area (Å²) in [6, 6.07) is 42.1. The van der Waals surface area contributed by atoms with Crippen LogP contribution in [-0.4, -0.2) is 11.5 Å². The molecule has 1 aliphatic heterocycles. The van der Waals surface area contributed by atoms with E-state index in [9.17, 15) is 0 Å². The molecule has 0 radical (unpaired) electrons. The van der Waals surface area contributed by atoms with Gasteiger partial charge in [-0.05, 0) is 53.6 Å². The Hall–Kier alpha value is -4.83. The minimum Gasteiger partial charge on any atom is -0.338 e. The van der Waals surface area contributed by atoms with Crippen molar-refractivity contribution in [2.45, 2.75) is 33.6 Å². The lowest BCUT2D eigenvalue weighted by molar-refractivity contribution is -0.523. The number of anilines is 2. The zero-order chi connectivity index (χ0) is 29.7. The standard InChI is InChI=1S/C39H37BN3/c1-27(2)32-21-12-16-29(4)37(32)40-42-26-25-41(5)39(42)36-28(3)15-13-24-35(36)43(40)38-33(30-17-8-6-9-18-30)22-14-23-34(38)31-19-10-7-11-20-31/h6-27H,1-5H3/q+1. The number of nitrogens with zero attached hydrogens (tertiary/aromatic N) is 3.